The van der Waals surface area contributed by atoms with E-state index in [-0.39, 0.29) is 5.75 Å². The lowest BCUT2D eigenvalue weighted by molar-refractivity contribution is -0.160. The van der Waals surface area contributed by atoms with Gasteiger partial charge < -0.3 is 13.7 Å². The Balaban J connectivity index is 1.80. The number of halogens is 3. The zero-order valence-corrected chi connectivity index (χ0v) is 20.1. The number of rotatable bonds is 5. The molecule has 3 aromatic carbocycles. The van der Waals surface area contributed by atoms with Crippen LogP contribution in [0.3, 0.4) is 0 Å². The number of allylic oxidation sites excluding steroid dienone is 3. The van der Waals surface area contributed by atoms with E-state index in [0.29, 0.717) is 16.9 Å². The van der Waals surface area contributed by atoms with Crippen molar-refractivity contribution >= 4 is 10.1 Å². The van der Waals surface area contributed by atoms with Crippen LogP contribution in [0.1, 0.15) is 30.5 Å². The first-order valence-corrected chi connectivity index (χ1v) is 12.5. The fourth-order valence-corrected chi connectivity index (χ4v) is 5.53. The lowest BCUT2D eigenvalue weighted by Gasteiger charge is -2.39. The number of hydrogen-bond acceptors (Lipinski definition) is 5. The molecule has 0 spiro atoms. The van der Waals surface area contributed by atoms with Crippen LogP contribution in [0.25, 0.3) is 0 Å². The molecule has 2 aliphatic rings. The van der Waals surface area contributed by atoms with Crippen molar-refractivity contribution in [2.75, 3.05) is 0 Å². The Bertz CT molecular complexity index is 1480. The smallest absolute Gasteiger partial charge is 0.451 e. The van der Waals surface area contributed by atoms with Gasteiger partial charge in [0.05, 0.1) is 0 Å². The lowest BCUT2D eigenvalue weighted by atomic mass is 9.64. The molecule has 2 atom stereocenters. The molecule has 0 amide bonds. The second-order valence-electron chi connectivity index (χ2n) is 8.41. The monoisotopic (exact) mass is 514 g/mol. The van der Waals surface area contributed by atoms with E-state index < -0.39 is 32.6 Å². The molecular formula is C27H21F3O5S. The molecule has 0 aliphatic carbocycles. The molecule has 0 N–H and O–H groups in total. The molecule has 2 unspecified atom stereocenters. The molecule has 0 saturated heterocycles. The number of alkyl halides is 3. The first-order chi connectivity index (χ1) is 17.1. The van der Waals surface area contributed by atoms with E-state index in [0.717, 1.165) is 17.2 Å². The third kappa shape index (κ3) is 3.26. The Morgan fingerprint density at radius 1 is 0.889 bits per heavy atom. The van der Waals surface area contributed by atoms with Crippen LogP contribution in [-0.2, 0) is 26.1 Å². The van der Waals surface area contributed by atoms with Crippen LogP contribution in [0, 0.1) is 0 Å². The van der Waals surface area contributed by atoms with Crippen molar-refractivity contribution in [1.82, 2.24) is 0 Å². The minimum absolute atomic E-state index is 0.145. The number of ether oxygens (including phenoxy) is 2. The summed E-state index contributed by atoms with van der Waals surface area (Å²) in [5, 5.41) is 0. The molecule has 5 nitrogen and oxygen atoms in total. The molecule has 9 heteroatoms. The molecule has 0 saturated carbocycles. The molecule has 186 valence electrons. The van der Waals surface area contributed by atoms with Crippen molar-refractivity contribution in [1.29, 1.82) is 0 Å². The lowest BCUT2D eigenvalue weighted by Crippen LogP contribution is -2.48. The number of hydrogen-bond donors (Lipinski definition) is 0. The maximum atomic E-state index is 12.9. The molecular weight excluding hydrogens is 493 g/mol. The van der Waals surface area contributed by atoms with Gasteiger partial charge in [-0.2, -0.15) is 21.6 Å². The topological polar surface area (TPSA) is 61.8 Å². The minimum Gasteiger partial charge on any atom is -0.451 e. The van der Waals surface area contributed by atoms with Gasteiger partial charge in [0.2, 0.25) is 0 Å². The van der Waals surface area contributed by atoms with Crippen molar-refractivity contribution in [2.45, 2.75) is 30.6 Å². The Morgan fingerprint density at radius 2 is 1.50 bits per heavy atom. The summed E-state index contributed by atoms with van der Waals surface area (Å²) in [6.45, 7) is 3.70. The summed E-state index contributed by atoms with van der Waals surface area (Å²) in [5.41, 5.74) is -3.72. The normalized spacial score (nSPS) is 23.2. The van der Waals surface area contributed by atoms with Gasteiger partial charge in [0, 0.05) is 22.8 Å². The quantitative estimate of drug-likeness (QED) is 0.294. The van der Waals surface area contributed by atoms with Crippen LogP contribution >= 0.6 is 0 Å². The molecule has 36 heavy (non-hydrogen) atoms. The SMILES string of the molecule is CC=CC1=C(C)OC2(c3ccccc3)Oc3cc(OS(=O)(=O)C(F)(F)F)ccc3C12c1ccccc1. The van der Waals surface area contributed by atoms with E-state index in [1.807, 2.05) is 86.7 Å². The van der Waals surface area contributed by atoms with E-state index >= 15 is 0 Å². The van der Waals surface area contributed by atoms with Gasteiger partial charge in [0.1, 0.15) is 22.7 Å². The highest BCUT2D eigenvalue weighted by Crippen LogP contribution is 2.66. The summed E-state index contributed by atoms with van der Waals surface area (Å²) in [7, 11) is -5.86. The molecule has 2 aliphatic heterocycles. The van der Waals surface area contributed by atoms with Gasteiger partial charge in [-0.05, 0) is 25.5 Å². The Labute approximate surface area is 206 Å². The largest absolute Gasteiger partial charge is 0.534 e. The van der Waals surface area contributed by atoms with Gasteiger partial charge in [-0.25, -0.2) is 0 Å². The van der Waals surface area contributed by atoms with Crippen LogP contribution in [0.2, 0.25) is 0 Å². The fourth-order valence-electron chi connectivity index (χ4n) is 5.08. The molecule has 0 aromatic heterocycles. The van der Waals surface area contributed by atoms with Crippen LogP contribution in [0.15, 0.2) is 102 Å². The predicted molar refractivity (Wildman–Crippen MR) is 127 cm³/mol. The first-order valence-electron chi connectivity index (χ1n) is 11.1. The van der Waals surface area contributed by atoms with Gasteiger partial charge in [0.25, 0.3) is 5.79 Å². The molecule has 0 radical (unpaired) electrons. The highest BCUT2D eigenvalue weighted by molar-refractivity contribution is 7.88. The standard InChI is InChI=1S/C27H21F3O5S/c1-3-10-22-18(2)33-26(20-13-8-5-9-14-20)25(22,19-11-6-4-7-12-19)23-16-15-21(17-24(23)34-26)35-36(31,32)27(28,29)30/h3-17H,1-2H3. The van der Waals surface area contributed by atoms with E-state index in [4.69, 9.17) is 9.47 Å². The average Bonchev–Trinajstić information content (AvgIpc) is 3.26. The van der Waals surface area contributed by atoms with Gasteiger partial charge in [-0.1, -0.05) is 78.9 Å². The molecule has 3 aromatic rings. The third-order valence-electron chi connectivity index (χ3n) is 6.37. The molecule has 0 bridgehead atoms. The first kappa shape index (κ1) is 24.0. The third-order valence-corrected chi connectivity index (χ3v) is 7.35. The van der Waals surface area contributed by atoms with Gasteiger partial charge in [-0.15, -0.1) is 0 Å². The van der Waals surface area contributed by atoms with Crippen molar-refractivity contribution in [3.8, 4) is 11.5 Å². The maximum absolute atomic E-state index is 12.9. The van der Waals surface area contributed by atoms with Crippen LogP contribution in [-0.4, -0.2) is 13.9 Å². The average molecular weight is 515 g/mol. The number of fused-ring (bicyclic) bond motifs is 3. The Morgan fingerprint density at radius 3 is 2.08 bits per heavy atom. The van der Waals surface area contributed by atoms with Crippen LogP contribution in [0.4, 0.5) is 13.2 Å². The van der Waals surface area contributed by atoms with Crippen molar-refractivity contribution < 1.29 is 35.2 Å². The summed E-state index contributed by atoms with van der Waals surface area (Å²) in [6.07, 6.45) is 3.79. The van der Waals surface area contributed by atoms with E-state index in [1.165, 1.54) is 12.1 Å². The fraction of sp³-hybridized carbons (Fsp3) is 0.185. The molecule has 2 heterocycles. The number of benzene rings is 3. The van der Waals surface area contributed by atoms with Crippen molar-refractivity contribution in [3.63, 3.8) is 0 Å². The van der Waals surface area contributed by atoms with Gasteiger partial charge in [0.15, 0.2) is 0 Å². The zero-order valence-electron chi connectivity index (χ0n) is 19.2. The summed E-state index contributed by atoms with van der Waals surface area (Å²) in [4.78, 5) is 0. The van der Waals surface area contributed by atoms with Crippen LogP contribution in [0.5, 0.6) is 11.5 Å². The Hall–Kier alpha value is -3.72. The highest BCUT2D eigenvalue weighted by atomic mass is 32.2. The van der Waals surface area contributed by atoms with Gasteiger partial charge >= 0.3 is 15.6 Å². The summed E-state index contributed by atoms with van der Waals surface area (Å²) < 4.78 is 79.5. The second-order valence-corrected chi connectivity index (χ2v) is 9.95. The van der Waals surface area contributed by atoms with Crippen molar-refractivity contribution in [3.05, 3.63) is 119 Å². The maximum Gasteiger partial charge on any atom is 0.534 e. The Kier molecular flexibility index (Phi) is 5.44. The molecule has 5 rings (SSSR count). The van der Waals surface area contributed by atoms with E-state index in [2.05, 4.69) is 4.18 Å². The zero-order chi connectivity index (χ0) is 25.8. The van der Waals surface area contributed by atoms with Crippen molar-refractivity contribution in [2.24, 2.45) is 0 Å². The van der Waals surface area contributed by atoms with E-state index in [9.17, 15) is 21.6 Å². The summed E-state index contributed by atoms with van der Waals surface area (Å²) in [6, 6.07) is 22.6. The van der Waals surface area contributed by atoms with E-state index in [1.54, 1.807) is 0 Å². The summed E-state index contributed by atoms with van der Waals surface area (Å²) >= 11 is 0. The molecule has 0 fully saturated rings. The summed E-state index contributed by atoms with van der Waals surface area (Å²) in [5.74, 6) is -1.21. The minimum atomic E-state index is -5.86. The second kappa shape index (κ2) is 8.16. The van der Waals surface area contributed by atoms with Crippen LogP contribution < -0.4 is 8.92 Å². The highest BCUT2D eigenvalue weighted by Gasteiger charge is 2.70. The predicted octanol–water partition coefficient (Wildman–Crippen LogP) is 6.33. The van der Waals surface area contributed by atoms with Gasteiger partial charge in [-0.3, -0.25) is 0 Å².